The largest absolute Gasteiger partial charge is 0.273 e. The number of nitrogens with zero attached hydrogens (tertiary/aromatic N) is 1. The number of carbonyl (C=O) groups excluding carboxylic acids is 1. The van der Waals surface area contributed by atoms with Crippen molar-refractivity contribution in [1.29, 1.82) is 0 Å². The van der Waals surface area contributed by atoms with E-state index in [1.54, 1.807) is 0 Å². The zero-order valence-corrected chi connectivity index (χ0v) is 11.5. The van der Waals surface area contributed by atoms with Crippen molar-refractivity contribution in [1.82, 2.24) is 5.43 Å². The minimum atomic E-state index is 0.0517. The summed E-state index contributed by atoms with van der Waals surface area (Å²) in [7, 11) is 0. The van der Waals surface area contributed by atoms with Crippen LogP contribution >= 0.6 is 0 Å². The highest BCUT2D eigenvalue weighted by atomic mass is 16.2. The predicted molar refractivity (Wildman–Crippen MR) is 73.7 cm³/mol. The molecule has 1 aromatic rings. The SMILES string of the molecule is C/C(=N\NC(=O)C1CC1)c1cc(C)c(C)cc1C. The second-order valence-corrected chi connectivity index (χ2v) is 5.20. The lowest BCUT2D eigenvalue weighted by molar-refractivity contribution is -0.122. The molecule has 1 aliphatic rings. The van der Waals surface area contributed by atoms with Crippen LogP contribution in [0.25, 0.3) is 0 Å². The van der Waals surface area contributed by atoms with Gasteiger partial charge in [0.15, 0.2) is 0 Å². The molecule has 1 aromatic carbocycles. The van der Waals surface area contributed by atoms with Crippen LogP contribution in [-0.4, -0.2) is 11.6 Å². The van der Waals surface area contributed by atoms with E-state index in [1.165, 1.54) is 16.7 Å². The maximum atomic E-state index is 11.5. The second kappa shape index (κ2) is 4.92. The molecule has 1 aliphatic carbocycles. The molecule has 0 bridgehead atoms. The van der Waals surface area contributed by atoms with E-state index >= 15 is 0 Å². The Hall–Kier alpha value is -1.64. The van der Waals surface area contributed by atoms with Crippen molar-refractivity contribution in [2.75, 3.05) is 0 Å². The summed E-state index contributed by atoms with van der Waals surface area (Å²) >= 11 is 0. The van der Waals surface area contributed by atoms with Crippen molar-refractivity contribution in [3.8, 4) is 0 Å². The van der Waals surface area contributed by atoms with Crippen LogP contribution in [0.1, 0.15) is 42.0 Å². The van der Waals surface area contributed by atoms with Crippen molar-refractivity contribution in [2.24, 2.45) is 11.0 Å². The first-order valence-electron chi connectivity index (χ1n) is 6.41. The first-order valence-corrected chi connectivity index (χ1v) is 6.41. The van der Waals surface area contributed by atoms with Gasteiger partial charge < -0.3 is 0 Å². The van der Waals surface area contributed by atoms with E-state index in [4.69, 9.17) is 0 Å². The number of rotatable bonds is 3. The fourth-order valence-corrected chi connectivity index (χ4v) is 1.99. The summed E-state index contributed by atoms with van der Waals surface area (Å²) in [5, 5.41) is 4.20. The monoisotopic (exact) mass is 244 g/mol. The third-order valence-corrected chi connectivity index (χ3v) is 3.51. The molecule has 3 heteroatoms. The highest BCUT2D eigenvalue weighted by Crippen LogP contribution is 2.28. The molecule has 1 saturated carbocycles. The maximum absolute atomic E-state index is 11.5. The Bertz CT molecular complexity index is 513. The number of aryl methyl sites for hydroxylation is 3. The van der Waals surface area contributed by atoms with Crippen LogP contribution < -0.4 is 5.43 Å². The van der Waals surface area contributed by atoms with Crippen LogP contribution in [-0.2, 0) is 4.79 Å². The summed E-state index contributed by atoms with van der Waals surface area (Å²) < 4.78 is 0. The fourth-order valence-electron chi connectivity index (χ4n) is 1.99. The van der Waals surface area contributed by atoms with Gasteiger partial charge in [0.2, 0.25) is 5.91 Å². The number of amides is 1. The normalized spacial score (nSPS) is 15.7. The Balaban J connectivity index is 2.16. The number of benzene rings is 1. The molecule has 0 aromatic heterocycles. The molecule has 2 rings (SSSR count). The van der Waals surface area contributed by atoms with E-state index < -0.39 is 0 Å². The van der Waals surface area contributed by atoms with E-state index in [1.807, 2.05) is 6.92 Å². The number of nitrogens with one attached hydrogen (secondary N) is 1. The Kier molecular flexibility index (Phi) is 3.50. The Morgan fingerprint density at radius 3 is 2.39 bits per heavy atom. The van der Waals surface area contributed by atoms with Gasteiger partial charge in [-0.05, 0) is 63.3 Å². The topological polar surface area (TPSA) is 41.5 Å². The Morgan fingerprint density at radius 1 is 1.17 bits per heavy atom. The zero-order chi connectivity index (χ0) is 13.3. The zero-order valence-electron chi connectivity index (χ0n) is 11.5. The maximum Gasteiger partial charge on any atom is 0.243 e. The van der Waals surface area contributed by atoms with Gasteiger partial charge in [-0.25, -0.2) is 5.43 Å². The van der Waals surface area contributed by atoms with Crippen molar-refractivity contribution in [2.45, 2.75) is 40.5 Å². The van der Waals surface area contributed by atoms with Gasteiger partial charge in [-0.2, -0.15) is 5.10 Å². The highest BCUT2D eigenvalue weighted by Gasteiger charge is 2.29. The van der Waals surface area contributed by atoms with E-state index in [0.717, 1.165) is 24.1 Å². The molecule has 0 saturated heterocycles. The number of carbonyl (C=O) groups is 1. The molecule has 0 aliphatic heterocycles. The van der Waals surface area contributed by atoms with Gasteiger partial charge in [0.1, 0.15) is 0 Å². The Morgan fingerprint density at radius 2 is 1.78 bits per heavy atom. The van der Waals surface area contributed by atoms with Crippen molar-refractivity contribution in [3.05, 3.63) is 34.4 Å². The van der Waals surface area contributed by atoms with Crippen molar-refractivity contribution < 1.29 is 4.79 Å². The van der Waals surface area contributed by atoms with Gasteiger partial charge in [-0.3, -0.25) is 4.79 Å². The standard InChI is InChI=1S/C15H20N2O/c1-9-7-11(3)14(8-10(9)2)12(4)16-17-15(18)13-5-6-13/h7-8,13H,5-6H2,1-4H3,(H,17,18)/b16-12+. The van der Waals surface area contributed by atoms with E-state index in [2.05, 4.69) is 43.4 Å². The average molecular weight is 244 g/mol. The summed E-state index contributed by atoms with van der Waals surface area (Å²) in [5.74, 6) is 0.248. The van der Waals surface area contributed by atoms with Crippen LogP contribution in [0.5, 0.6) is 0 Å². The van der Waals surface area contributed by atoms with Gasteiger partial charge in [0.25, 0.3) is 0 Å². The molecule has 0 atom stereocenters. The lowest BCUT2D eigenvalue weighted by Gasteiger charge is -2.09. The number of hydrogen-bond acceptors (Lipinski definition) is 2. The summed E-state index contributed by atoms with van der Waals surface area (Å²) in [6, 6.07) is 4.29. The van der Waals surface area contributed by atoms with Gasteiger partial charge in [0, 0.05) is 11.5 Å². The lowest BCUT2D eigenvalue weighted by Crippen LogP contribution is -2.20. The molecule has 1 N–H and O–H groups in total. The molecule has 0 unspecified atom stereocenters. The first-order chi connectivity index (χ1) is 8.49. The van der Waals surface area contributed by atoms with Gasteiger partial charge in [-0.1, -0.05) is 6.07 Å². The molecule has 0 radical (unpaired) electrons. The number of hydrazone groups is 1. The molecule has 1 fully saturated rings. The highest BCUT2D eigenvalue weighted by molar-refractivity contribution is 6.00. The molecule has 3 nitrogen and oxygen atoms in total. The van der Waals surface area contributed by atoms with E-state index in [9.17, 15) is 4.79 Å². The van der Waals surface area contributed by atoms with Crippen molar-refractivity contribution >= 4 is 11.6 Å². The summed E-state index contributed by atoms with van der Waals surface area (Å²) in [5.41, 5.74) is 8.35. The summed E-state index contributed by atoms with van der Waals surface area (Å²) in [6.07, 6.45) is 2.01. The molecule has 18 heavy (non-hydrogen) atoms. The molecule has 0 heterocycles. The van der Waals surface area contributed by atoms with E-state index in [-0.39, 0.29) is 11.8 Å². The molecule has 96 valence electrons. The minimum absolute atomic E-state index is 0.0517. The molecule has 0 spiro atoms. The minimum Gasteiger partial charge on any atom is -0.273 e. The van der Waals surface area contributed by atoms with Crippen LogP contribution in [0.3, 0.4) is 0 Å². The van der Waals surface area contributed by atoms with Crippen LogP contribution in [0.4, 0.5) is 0 Å². The van der Waals surface area contributed by atoms with Crippen LogP contribution in [0.15, 0.2) is 17.2 Å². The van der Waals surface area contributed by atoms with Crippen LogP contribution in [0, 0.1) is 26.7 Å². The molecule has 1 amide bonds. The van der Waals surface area contributed by atoms with Gasteiger partial charge >= 0.3 is 0 Å². The molecular weight excluding hydrogens is 224 g/mol. The quantitative estimate of drug-likeness (QED) is 0.644. The fraction of sp³-hybridized carbons (Fsp3) is 0.467. The Labute approximate surface area is 108 Å². The number of hydrogen-bond donors (Lipinski definition) is 1. The van der Waals surface area contributed by atoms with E-state index in [0.29, 0.717) is 0 Å². The van der Waals surface area contributed by atoms with Gasteiger partial charge in [-0.15, -0.1) is 0 Å². The van der Waals surface area contributed by atoms with Gasteiger partial charge in [0.05, 0.1) is 5.71 Å². The smallest absolute Gasteiger partial charge is 0.243 e. The lowest BCUT2D eigenvalue weighted by atomic mass is 9.98. The predicted octanol–water partition coefficient (Wildman–Crippen LogP) is 2.86. The summed E-state index contributed by atoms with van der Waals surface area (Å²) in [6.45, 7) is 8.20. The third-order valence-electron chi connectivity index (χ3n) is 3.51. The van der Waals surface area contributed by atoms with Crippen molar-refractivity contribution in [3.63, 3.8) is 0 Å². The second-order valence-electron chi connectivity index (χ2n) is 5.20. The average Bonchev–Trinajstić information content (AvgIpc) is 3.14. The van der Waals surface area contributed by atoms with Crippen LogP contribution in [0.2, 0.25) is 0 Å². The summed E-state index contributed by atoms with van der Waals surface area (Å²) in [4.78, 5) is 11.5. The molecular formula is C15H20N2O. The first kappa shape index (κ1) is 12.8. The third kappa shape index (κ3) is 2.78.